The van der Waals surface area contributed by atoms with Crippen molar-refractivity contribution in [2.75, 3.05) is 5.88 Å². The first-order chi connectivity index (χ1) is 6.68. The second kappa shape index (κ2) is 5.44. The van der Waals surface area contributed by atoms with Crippen molar-refractivity contribution in [2.45, 2.75) is 50.5 Å². The second-order valence-corrected chi connectivity index (χ2v) is 4.50. The van der Waals surface area contributed by atoms with Gasteiger partial charge in [-0.2, -0.15) is 0 Å². The van der Waals surface area contributed by atoms with E-state index >= 15 is 0 Å². The number of primary amides is 1. The molecule has 0 bridgehead atoms. The van der Waals surface area contributed by atoms with Crippen LogP contribution in [0.2, 0.25) is 0 Å². The van der Waals surface area contributed by atoms with Crippen LogP contribution in [0.4, 0.5) is 4.79 Å². The highest BCUT2D eigenvalue weighted by atomic mass is 35.5. The summed E-state index contributed by atoms with van der Waals surface area (Å²) in [5.74, 6) is 0.584. The number of hydrogen-bond donors (Lipinski definition) is 2. The van der Waals surface area contributed by atoms with E-state index in [1.807, 2.05) is 0 Å². The SMILES string of the molecule is NC(=O)NC1(CCCl)CCCCCC1. The largest absolute Gasteiger partial charge is 0.352 e. The smallest absolute Gasteiger partial charge is 0.312 e. The molecular formula is C10H19ClN2O. The average Bonchev–Trinajstić information content (AvgIpc) is 2.30. The lowest BCUT2D eigenvalue weighted by molar-refractivity contribution is 0.223. The van der Waals surface area contributed by atoms with Gasteiger partial charge in [-0.25, -0.2) is 4.79 Å². The Bertz CT molecular complexity index is 189. The molecule has 1 fully saturated rings. The average molecular weight is 219 g/mol. The van der Waals surface area contributed by atoms with E-state index in [9.17, 15) is 4.79 Å². The first-order valence-corrected chi connectivity index (χ1v) is 5.86. The maximum atomic E-state index is 10.9. The zero-order valence-corrected chi connectivity index (χ0v) is 9.28. The Hall–Kier alpha value is -0.440. The summed E-state index contributed by atoms with van der Waals surface area (Å²) in [6, 6.07) is -0.419. The fourth-order valence-corrected chi connectivity index (χ4v) is 2.65. The number of carbonyl (C=O) groups excluding carboxylic acids is 1. The molecule has 1 saturated carbocycles. The van der Waals surface area contributed by atoms with E-state index in [-0.39, 0.29) is 5.54 Å². The summed E-state index contributed by atoms with van der Waals surface area (Å²) < 4.78 is 0. The molecule has 0 radical (unpaired) electrons. The zero-order valence-electron chi connectivity index (χ0n) is 8.52. The summed E-state index contributed by atoms with van der Waals surface area (Å²) in [5, 5.41) is 2.89. The van der Waals surface area contributed by atoms with Gasteiger partial charge in [0.2, 0.25) is 0 Å². The predicted octanol–water partition coefficient (Wildman–Crippen LogP) is 2.38. The minimum absolute atomic E-state index is 0.121. The van der Waals surface area contributed by atoms with Crippen LogP contribution in [0.25, 0.3) is 0 Å². The lowest BCUT2D eigenvalue weighted by Gasteiger charge is -2.32. The second-order valence-electron chi connectivity index (χ2n) is 4.12. The number of urea groups is 1. The molecule has 0 aromatic carbocycles. The van der Waals surface area contributed by atoms with Gasteiger partial charge in [0.25, 0.3) is 0 Å². The van der Waals surface area contributed by atoms with Gasteiger partial charge in [0, 0.05) is 11.4 Å². The van der Waals surface area contributed by atoms with Gasteiger partial charge in [-0.05, 0) is 19.3 Å². The van der Waals surface area contributed by atoms with Gasteiger partial charge in [-0.1, -0.05) is 25.7 Å². The van der Waals surface area contributed by atoms with Crippen molar-refractivity contribution in [2.24, 2.45) is 5.73 Å². The van der Waals surface area contributed by atoms with Crippen LogP contribution in [-0.2, 0) is 0 Å². The van der Waals surface area contributed by atoms with Crippen molar-refractivity contribution in [3.8, 4) is 0 Å². The summed E-state index contributed by atoms with van der Waals surface area (Å²) in [6.45, 7) is 0. The molecular weight excluding hydrogens is 200 g/mol. The monoisotopic (exact) mass is 218 g/mol. The van der Waals surface area contributed by atoms with Crippen LogP contribution in [0.1, 0.15) is 44.9 Å². The standard InChI is InChI=1S/C10H19ClN2O/c11-8-7-10(13-9(12)14)5-3-1-2-4-6-10/h1-8H2,(H3,12,13,14). The number of alkyl halides is 1. The third kappa shape index (κ3) is 3.37. The molecule has 0 unspecified atom stereocenters. The van der Waals surface area contributed by atoms with E-state index in [0.29, 0.717) is 5.88 Å². The predicted molar refractivity (Wildman–Crippen MR) is 58.5 cm³/mol. The zero-order chi connectivity index (χ0) is 10.4. The van der Waals surface area contributed by atoms with Crippen molar-refractivity contribution in [3.05, 3.63) is 0 Å². The van der Waals surface area contributed by atoms with Gasteiger partial charge in [0.15, 0.2) is 0 Å². The number of halogens is 1. The molecule has 0 aromatic rings. The molecule has 1 aliphatic rings. The highest BCUT2D eigenvalue weighted by molar-refractivity contribution is 6.17. The van der Waals surface area contributed by atoms with Gasteiger partial charge in [0.1, 0.15) is 0 Å². The van der Waals surface area contributed by atoms with E-state index in [2.05, 4.69) is 5.32 Å². The third-order valence-corrected chi connectivity index (χ3v) is 3.21. The third-order valence-electron chi connectivity index (χ3n) is 3.02. The Labute approximate surface area is 90.4 Å². The van der Waals surface area contributed by atoms with Crippen molar-refractivity contribution >= 4 is 17.6 Å². The number of amides is 2. The van der Waals surface area contributed by atoms with Gasteiger partial charge in [-0.15, -0.1) is 11.6 Å². The lowest BCUT2D eigenvalue weighted by Crippen LogP contribution is -2.50. The Balaban J connectivity index is 2.61. The summed E-state index contributed by atoms with van der Waals surface area (Å²) in [5.41, 5.74) is 5.08. The van der Waals surface area contributed by atoms with Gasteiger partial charge in [-0.3, -0.25) is 0 Å². The van der Waals surface area contributed by atoms with Crippen LogP contribution in [0.3, 0.4) is 0 Å². The molecule has 0 aromatic heterocycles. The van der Waals surface area contributed by atoms with Crippen LogP contribution >= 0.6 is 11.6 Å². The first kappa shape index (κ1) is 11.6. The molecule has 14 heavy (non-hydrogen) atoms. The van der Waals surface area contributed by atoms with E-state index < -0.39 is 6.03 Å². The molecule has 0 aliphatic heterocycles. The molecule has 0 atom stereocenters. The molecule has 0 saturated heterocycles. The van der Waals surface area contributed by atoms with Crippen molar-refractivity contribution < 1.29 is 4.79 Å². The van der Waals surface area contributed by atoms with Crippen LogP contribution < -0.4 is 11.1 Å². The highest BCUT2D eigenvalue weighted by Gasteiger charge is 2.31. The summed E-state index contributed by atoms with van der Waals surface area (Å²) in [4.78, 5) is 10.9. The maximum absolute atomic E-state index is 10.9. The molecule has 0 heterocycles. The molecule has 1 aliphatic carbocycles. The van der Waals surface area contributed by atoms with Crippen molar-refractivity contribution in [1.82, 2.24) is 5.32 Å². The molecule has 1 rings (SSSR count). The van der Waals surface area contributed by atoms with Crippen LogP contribution in [0.15, 0.2) is 0 Å². The number of hydrogen-bond acceptors (Lipinski definition) is 1. The van der Waals surface area contributed by atoms with Gasteiger partial charge < -0.3 is 11.1 Å². The van der Waals surface area contributed by atoms with Crippen LogP contribution in [0, 0.1) is 0 Å². The quantitative estimate of drug-likeness (QED) is 0.555. The molecule has 0 spiro atoms. The molecule has 3 nitrogen and oxygen atoms in total. The minimum Gasteiger partial charge on any atom is -0.352 e. The molecule has 82 valence electrons. The number of nitrogens with one attached hydrogen (secondary N) is 1. The summed E-state index contributed by atoms with van der Waals surface area (Å²) in [7, 11) is 0. The number of rotatable bonds is 3. The fraction of sp³-hybridized carbons (Fsp3) is 0.900. The summed E-state index contributed by atoms with van der Waals surface area (Å²) >= 11 is 5.77. The van der Waals surface area contributed by atoms with E-state index in [1.165, 1.54) is 12.8 Å². The van der Waals surface area contributed by atoms with Gasteiger partial charge in [0.05, 0.1) is 0 Å². The van der Waals surface area contributed by atoms with E-state index in [0.717, 1.165) is 32.1 Å². The van der Waals surface area contributed by atoms with E-state index in [1.54, 1.807) is 0 Å². The Morgan fingerprint density at radius 3 is 2.29 bits per heavy atom. The topological polar surface area (TPSA) is 55.1 Å². The Morgan fingerprint density at radius 1 is 1.29 bits per heavy atom. The molecule has 3 N–H and O–H groups in total. The summed E-state index contributed by atoms with van der Waals surface area (Å²) in [6.07, 6.45) is 7.70. The first-order valence-electron chi connectivity index (χ1n) is 5.32. The highest BCUT2D eigenvalue weighted by Crippen LogP contribution is 2.30. The number of nitrogens with two attached hydrogens (primary N) is 1. The lowest BCUT2D eigenvalue weighted by atomic mass is 9.87. The normalized spacial score (nSPS) is 21.2. The van der Waals surface area contributed by atoms with Crippen molar-refractivity contribution in [3.63, 3.8) is 0 Å². The maximum Gasteiger partial charge on any atom is 0.312 e. The van der Waals surface area contributed by atoms with Crippen LogP contribution in [0.5, 0.6) is 0 Å². The van der Waals surface area contributed by atoms with Crippen molar-refractivity contribution in [1.29, 1.82) is 0 Å². The van der Waals surface area contributed by atoms with E-state index in [4.69, 9.17) is 17.3 Å². The Kier molecular flexibility index (Phi) is 4.52. The van der Waals surface area contributed by atoms with Gasteiger partial charge >= 0.3 is 6.03 Å². The number of carbonyl (C=O) groups is 1. The Morgan fingerprint density at radius 2 is 1.86 bits per heavy atom. The molecule has 2 amide bonds. The minimum atomic E-state index is -0.419. The fourth-order valence-electron chi connectivity index (χ4n) is 2.29. The molecule has 4 heteroatoms. The van der Waals surface area contributed by atoms with Crippen LogP contribution in [-0.4, -0.2) is 17.5 Å².